The molecule has 3 nitrogen and oxygen atoms in total. The first kappa shape index (κ1) is 12.1. The van der Waals surface area contributed by atoms with E-state index in [1.807, 2.05) is 18.3 Å². The van der Waals surface area contributed by atoms with Crippen molar-refractivity contribution in [3.8, 4) is 0 Å². The van der Waals surface area contributed by atoms with Gasteiger partial charge in [0.1, 0.15) is 0 Å². The first-order chi connectivity index (χ1) is 7.36. The van der Waals surface area contributed by atoms with Gasteiger partial charge in [-0.15, -0.1) is 0 Å². The normalized spacial score (nSPS) is 10.9. The predicted molar refractivity (Wildman–Crippen MR) is 63.5 cm³/mol. The molecule has 2 N–H and O–H groups in total. The molecule has 0 unspecified atom stereocenters. The van der Waals surface area contributed by atoms with E-state index in [9.17, 15) is 0 Å². The second-order valence-corrected chi connectivity index (χ2v) is 3.69. The van der Waals surface area contributed by atoms with E-state index >= 15 is 0 Å². The molecular formula is C12H21N3. The molecule has 0 atom stereocenters. The van der Waals surface area contributed by atoms with Gasteiger partial charge in [-0.2, -0.15) is 0 Å². The number of aromatic nitrogens is 1. The van der Waals surface area contributed by atoms with Gasteiger partial charge in [-0.25, -0.2) is 0 Å². The van der Waals surface area contributed by atoms with Gasteiger partial charge < -0.3 is 5.73 Å². The molecule has 0 amide bonds. The number of hydrogen-bond acceptors (Lipinski definition) is 3. The molecule has 1 heterocycles. The Hall–Kier alpha value is -0.930. The van der Waals surface area contributed by atoms with Crippen molar-refractivity contribution < 1.29 is 0 Å². The Kier molecular flexibility index (Phi) is 5.97. The average molecular weight is 207 g/mol. The quantitative estimate of drug-likeness (QED) is 0.691. The SMILES string of the molecule is CCN(CCCCN)Cc1ccccn1. The fourth-order valence-corrected chi connectivity index (χ4v) is 1.55. The number of rotatable bonds is 7. The van der Waals surface area contributed by atoms with Crippen molar-refractivity contribution in [3.63, 3.8) is 0 Å². The van der Waals surface area contributed by atoms with Crippen LogP contribution < -0.4 is 5.73 Å². The Labute approximate surface area is 92.3 Å². The maximum atomic E-state index is 5.48. The Balaban J connectivity index is 2.33. The lowest BCUT2D eigenvalue weighted by molar-refractivity contribution is 0.271. The van der Waals surface area contributed by atoms with Gasteiger partial charge in [0.2, 0.25) is 0 Å². The van der Waals surface area contributed by atoms with Crippen molar-refractivity contribution in [2.75, 3.05) is 19.6 Å². The molecule has 1 aromatic rings. The zero-order valence-electron chi connectivity index (χ0n) is 9.52. The van der Waals surface area contributed by atoms with E-state index in [2.05, 4.69) is 22.9 Å². The smallest absolute Gasteiger partial charge is 0.0543 e. The van der Waals surface area contributed by atoms with E-state index in [1.165, 1.54) is 6.42 Å². The summed E-state index contributed by atoms with van der Waals surface area (Å²) in [6.45, 7) is 6.11. The van der Waals surface area contributed by atoms with Crippen LogP contribution in [-0.2, 0) is 6.54 Å². The van der Waals surface area contributed by atoms with Crippen LogP contribution in [0.25, 0.3) is 0 Å². The van der Waals surface area contributed by atoms with E-state index in [1.54, 1.807) is 0 Å². The van der Waals surface area contributed by atoms with Gasteiger partial charge in [-0.3, -0.25) is 9.88 Å². The summed E-state index contributed by atoms with van der Waals surface area (Å²) in [6.07, 6.45) is 4.14. The second-order valence-electron chi connectivity index (χ2n) is 3.69. The molecule has 0 aliphatic heterocycles. The van der Waals surface area contributed by atoms with Gasteiger partial charge in [0.25, 0.3) is 0 Å². The predicted octanol–water partition coefficient (Wildman–Crippen LogP) is 1.64. The van der Waals surface area contributed by atoms with Crippen molar-refractivity contribution in [2.45, 2.75) is 26.3 Å². The maximum Gasteiger partial charge on any atom is 0.0543 e. The molecule has 15 heavy (non-hydrogen) atoms. The van der Waals surface area contributed by atoms with Crippen LogP contribution in [0.15, 0.2) is 24.4 Å². The topological polar surface area (TPSA) is 42.1 Å². The van der Waals surface area contributed by atoms with Crippen molar-refractivity contribution in [1.82, 2.24) is 9.88 Å². The average Bonchev–Trinajstić information content (AvgIpc) is 2.29. The lowest BCUT2D eigenvalue weighted by Crippen LogP contribution is -2.24. The molecule has 0 bridgehead atoms. The van der Waals surface area contributed by atoms with Gasteiger partial charge >= 0.3 is 0 Å². The highest BCUT2D eigenvalue weighted by Crippen LogP contribution is 2.02. The molecule has 0 radical (unpaired) electrons. The largest absolute Gasteiger partial charge is 0.330 e. The third-order valence-electron chi connectivity index (χ3n) is 2.49. The van der Waals surface area contributed by atoms with Crippen LogP contribution in [0.4, 0.5) is 0 Å². The highest BCUT2D eigenvalue weighted by molar-refractivity contribution is 5.03. The lowest BCUT2D eigenvalue weighted by Gasteiger charge is -2.19. The highest BCUT2D eigenvalue weighted by Gasteiger charge is 2.03. The van der Waals surface area contributed by atoms with Crippen LogP contribution in [0.3, 0.4) is 0 Å². The maximum absolute atomic E-state index is 5.48. The summed E-state index contributed by atoms with van der Waals surface area (Å²) in [5, 5.41) is 0. The fraction of sp³-hybridized carbons (Fsp3) is 0.583. The van der Waals surface area contributed by atoms with Crippen LogP contribution in [0.2, 0.25) is 0 Å². The summed E-state index contributed by atoms with van der Waals surface area (Å²) in [6, 6.07) is 6.07. The van der Waals surface area contributed by atoms with Gasteiger partial charge in [-0.1, -0.05) is 13.0 Å². The molecule has 3 heteroatoms. The number of unbranched alkanes of at least 4 members (excludes halogenated alkanes) is 1. The molecule has 0 aliphatic carbocycles. The molecule has 0 spiro atoms. The van der Waals surface area contributed by atoms with Crippen LogP contribution in [0, 0.1) is 0 Å². The van der Waals surface area contributed by atoms with Gasteiger partial charge in [0, 0.05) is 12.7 Å². The van der Waals surface area contributed by atoms with E-state index in [-0.39, 0.29) is 0 Å². The van der Waals surface area contributed by atoms with Crippen LogP contribution >= 0.6 is 0 Å². The van der Waals surface area contributed by atoms with E-state index in [0.717, 1.165) is 38.3 Å². The lowest BCUT2D eigenvalue weighted by atomic mass is 10.2. The molecule has 0 fully saturated rings. The number of hydrogen-bond donors (Lipinski definition) is 1. The summed E-state index contributed by atoms with van der Waals surface area (Å²) in [5.74, 6) is 0. The van der Waals surface area contributed by atoms with Gasteiger partial charge in [0.05, 0.1) is 5.69 Å². The van der Waals surface area contributed by atoms with E-state index < -0.39 is 0 Å². The third-order valence-corrected chi connectivity index (χ3v) is 2.49. The van der Waals surface area contributed by atoms with Gasteiger partial charge in [-0.05, 0) is 44.6 Å². The molecule has 0 aromatic carbocycles. The first-order valence-corrected chi connectivity index (χ1v) is 5.69. The van der Waals surface area contributed by atoms with E-state index in [0.29, 0.717) is 0 Å². The molecule has 0 saturated heterocycles. The molecule has 1 rings (SSSR count). The van der Waals surface area contributed by atoms with Gasteiger partial charge in [0.15, 0.2) is 0 Å². The Morgan fingerprint density at radius 1 is 1.33 bits per heavy atom. The van der Waals surface area contributed by atoms with Crippen molar-refractivity contribution in [2.24, 2.45) is 5.73 Å². The third kappa shape index (κ3) is 4.91. The van der Waals surface area contributed by atoms with Crippen LogP contribution in [0.1, 0.15) is 25.5 Å². The highest BCUT2D eigenvalue weighted by atomic mass is 15.1. The summed E-state index contributed by atoms with van der Waals surface area (Å²) in [5.41, 5.74) is 6.62. The number of pyridine rings is 1. The van der Waals surface area contributed by atoms with Crippen molar-refractivity contribution in [3.05, 3.63) is 30.1 Å². The first-order valence-electron chi connectivity index (χ1n) is 5.69. The monoisotopic (exact) mass is 207 g/mol. The summed E-state index contributed by atoms with van der Waals surface area (Å²) < 4.78 is 0. The number of nitrogens with zero attached hydrogens (tertiary/aromatic N) is 2. The molecular weight excluding hydrogens is 186 g/mol. The number of nitrogens with two attached hydrogens (primary N) is 1. The Morgan fingerprint density at radius 2 is 2.20 bits per heavy atom. The molecule has 84 valence electrons. The standard InChI is InChI=1S/C12H21N3/c1-2-15(10-6-4-8-13)11-12-7-3-5-9-14-12/h3,5,7,9H,2,4,6,8,10-11,13H2,1H3. The minimum atomic E-state index is 0.793. The second kappa shape index (κ2) is 7.37. The molecule has 0 saturated carbocycles. The summed E-state index contributed by atoms with van der Waals surface area (Å²) >= 11 is 0. The molecule has 0 aliphatic rings. The van der Waals surface area contributed by atoms with Crippen molar-refractivity contribution in [1.29, 1.82) is 0 Å². The molecule has 1 aromatic heterocycles. The minimum Gasteiger partial charge on any atom is -0.330 e. The summed E-state index contributed by atoms with van der Waals surface area (Å²) in [7, 11) is 0. The summed E-state index contributed by atoms with van der Waals surface area (Å²) in [4.78, 5) is 6.73. The van der Waals surface area contributed by atoms with Crippen LogP contribution in [0.5, 0.6) is 0 Å². The van der Waals surface area contributed by atoms with Crippen LogP contribution in [-0.4, -0.2) is 29.5 Å². The zero-order valence-corrected chi connectivity index (χ0v) is 9.52. The fourth-order valence-electron chi connectivity index (χ4n) is 1.55. The van der Waals surface area contributed by atoms with E-state index in [4.69, 9.17) is 5.73 Å². The Morgan fingerprint density at radius 3 is 2.80 bits per heavy atom. The van der Waals surface area contributed by atoms with Crippen molar-refractivity contribution >= 4 is 0 Å². The zero-order chi connectivity index (χ0) is 10.9. The minimum absolute atomic E-state index is 0.793. The Bertz CT molecular complexity index is 248.